The van der Waals surface area contributed by atoms with Gasteiger partial charge in [-0.2, -0.15) is 8.78 Å². The van der Waals surface area contributed by atoms with E-state index in [1.807, 2.05) is 25.1 Å². The van der Waals surface area contributed by atoms with Crippen molar-refractivity contribution in [2.75, 3.05) is 31.6 Å². The van der Waals surface area contributed by atoms with Gasteiger partial charge in [0.15, 0.2) is 17.5 Å². The number of nitrogens with one attached hydrogen (secondary N) is 3. The summed E-state index contributed by atoms with van der Waals surface area (Å²) in [5.74, 6) is 1.79. The molecule has 2 rings (SSSR count). The largest absolute Gasteiger partial charge is 0.490 e. The standard InChI is InChI=1S/C22H31F2N5O2.HI/c1-3-25-22(28-15-8-7-14-27-19-12-5-6-13-26-19)29-16-17-10-9-11-18(30-4-2)20(17)31-21(23)24;/h5-6,9-13,21H,3-4,7-8,14-16H2,1-2H3,(H,26,27)(H2,25,28,29);1H. The van der Waals surface area contributed by atoms with Gasteiger partial charge in [-0.05, 0) is 44.9 Å². The van der Waals surface area contributed by atoms with Crippen molar-refractivity contribution in [1.29, 1.82) is 0 Å². The van der Waals surface area contributed by atoms with Gasteiger partial charge >= 0.3 is 6.61 Å². The van der Waals surface area contributed by atoms with Crippen LogP contribution in [0.5, 0.6) is 11.5 Å². The molecule has 7 nitrogen and oxygen atoms in total. The Labute approximate surface area is 205 Å². The second kappa shape index (κ2) is 16.3. The molecule has 32 heavy (non-hydrogen) atoms. The first-order chi connectivity index (χ1) is 15.1. The summed E-state index contributed by atoms with van der Waals surface area (Å²) in [6.45, 7) is 3.60. The van der Waals surface area contributed by atoms with Crippen molar-refractivity contribution in [2.45, 2.75) is 39.8 Å². The summed E-state index contributed by atoms with van der Waals surface area (Å²) in [4.78, 5) is 8.73. The van der Waals surface area contributed by atoms with E-state index in [0.717, 1.165) is 31.7 Å². The third-order valence-corrected chi connectivity index (χ3v) is 4.19. The van der Waals surface area contributed by atoms with Crippen LogP contribution in [0.25, 0.3) is 0 Å². The number of hydrogen-bond donors (Lipinski definition) is 3. The Balaban J connectivity index is 0.00000512. The Hall–Kier alpha value is -2.37. The van der Waals surface area contributed by atoms with Crippen LogP contribution in [0.4, 0.5) is 14.6 Å². The quantitative estimate of drug-likeness (QED) is 0.143. The summed E-state index contributed by atoms with van der Waals surface area (Å²) in [5, 5.41) is 9.70. The molecule has 0 aliphatic heterocycles. The molecule has 0 radical (unpaired) electrons. The SMILES string of the molecule is CCNC(=NCc1cccc(OCC)c1OC(F)F)NCCCCNc1ccccn1.I. The number of anilines is 1. The van der Waals surface area contributed by atoms with Crippen molar-refractivity contribution in [2.24, 2.45) is 4.99 Å². The number of rotatable bonds is 13. The zero-order chi connectivity index (χ0) is 22.3. The fraction of sp³-hybridized carbons (Fsp3) is 0.455. The second-order valence-corrected chi connectivity index (χ2v) is 6.53. The first-order valence-electron chi connectivity index (χ1n) is 10.5. The Bertz CT molecular complexity index is 797. The second-order valence-electron chi connectivity index (χ2n) is 6.53. The zero-order valence-electron chi connectivity index (χ0n) is 18.4. The highest BCUT2D eigenvalue weighted by Crippen LogP contribution is 2.33. The van der Waals surface area contributed by atoms with Crippen LogP contribution in [0.15, 0.2) is 47.6 Å². The van der Waals surface area contributed by atoms with Crippen LogP contribution in [0.2, 0.25) is 0 Å². The average molecular weight is 563 g/mol. The molecule has 0 bridgehead atoms. The maximum atomic E-state index is 12.9. The maximum absolute atomic E-state index is 12.9. The Morgan fingerprint density at radius 2 is 1.88 bits per heavy atom. The van der Waals surface area contributed by atoms with Gasteiger partial charge in [0.25, 0.3) is 0 Å². The number of pyridine rings is 1. The normalized spacial score (nSPS) is 11.0. The van der Waals surface area contributed by atoms with Gasteiger partial charge in [0.1, 0.15) is 5.82 Å². The van der Waals surface area contributed by atoms with Crippen LogP contribution >= 0.6 is 24.0 Å². The van der Waals surface area contributed by atoms with E-state index >= 15 is 0 Å². The van der Waals surface area contributed by atoms with Crippen LogP contribution in [0.1, 0.15) is 32.3 Å². The Morgan fingerprint density at radius 3 is 2.56 bits per heavy atom. The van der Waals surface area contributed by atoms with Gasteiger partial charge in [-0.3, -0.25) is 0 Å². The van der Waals surface area contributed by atoms with Crippen molar-refractivity contribution in [3.8, 4) is 11.5 Å². The lowest BCUT2D eigenvalue weighted by atomic mass is 10.2. The van der Waals surface area contributed by atoms with E-state index in [1.165, 1.54) is 0 Å². The highest BCUT2D eigenvalue weighted by atomic mass is 127. The van der Waals surface area contributed by atoms with Crippen LogP contribution in [0, 0.1) is 0 Å². The van der Waals surface area contributed by atoms with E-state index in [4.69, 9.17) is 9.47 Å². The first-order valence-corrected chi connectivity index (χ1v) is 10.5. The minimum absolute atomic E-state index is 0. The molecule has 10 heteroatoms. The van der Waals surface area contributed by atoms with Crippen LogP contribution in [0.3, 0.4) is 0 Å². The monoisotopic (exact) mass is 563 g/mol. The molecule has 0 aliphatic rings. The highest BCUT2D eigenvalue weighted by molar-refractivity contribution is 14.0. The van der Waals surface area contributed by atoms with E-state index < -0.39 is 6.61 Å². The van der Waals surface area contributed by atoms with Crippen LogP contribution in [-0.2, 0) is 6.54 Å². The summed E-state index contributed by atoms with van der Waals surface area (Å²) >= 11 is 0. The molecule has 2 aromatic rings. The van der Waals surface area contributed by atoms with Crippen molar-refractivity contribution in [1.82, 2.24) is 15.6 Å². The van der Waals surface area contributed by atoms with Gasteiger partial charge in [-0.1, -0.05) is 18.2 Å². The molecule has 1 heterocycles. The molecular weight excluding hydrogens is 531 g/mol. The van der Waals surface area contributed by atoms with Crippen molar-refractivity contribution in [3.63, 3.8) is 0 Å². The van der Waals surface area contributed by atoms with Gasteiger partial charge in [0, 0.05) is 31.4 Å². The number of para-hydroxylation sites is 1. The Morgan fingerprint density at radius 1 is 1.06 bits per heavy atom. The zero-order valence-corrected chi connectivity index (χ0v) is 20.8. The molecular formula is C22H32F2IN5O2. The topological polar surface area (TPSA) is 79.8 Å². The molecule has 178 valence electrons. The van der Waals surface area contributed by atoms with E-state index in [-0.39, 0.29) is 42.0 Å². The number of hydrogen-bond acceptors (Lipinski definition) is 5. The van der Waals surface area contributed by atoms with Crippen LogP contribution in [-0.4, -0.2) is 43.8 Å². The predicted octanol–water partition coefficient (Wildman–Crippen LogP) is 4.65. The average Bonchev–Trinajstić information content (AvgIpc) is 2.76. The lowest BCUT2D eigenvalue weighted by Gasteiger charge is -2.15. The number of alkyl halides is 2. The third-order valence-electron chi connectivity index (χ3n) is 4.19. The number of benzene rings is 1. The Kier molecular flexibility index (Phi) is 14.1. The molecule has 0 spiro atoms. The molecule has 0 atom stereocenters. The molecule has 1 aromatic carbocycles. The van der Waals surface area contributed by atoms with E-state index in [2.05, 4.69) is 25.9 Å². The fourth-order valence-corrected chi connectivity index (χ4v) is 2.82. The summed E-state index contributed by atoms with van der Waals surface area (Å²) in [7, 11) is 0. The fourth-order valence-electron chi connectivity index (χ4n) is 2.82. The summed E-state index contributed by atoms with van der Waals surface area (Å²) in [5.41, 5.74) is 0.531. The third kappa shape index (κ3) is 10.3. The number of aromatic nitrogens is 1. The maximum Gasteiger partial charge on any atom is 0.387 e. The van der Waals surface area contributed by atoms with E-state index in [0.29, 0.717) is 24.7 Å². The molecule has 0 unspecified atom stereocenters. The molecule has 0 saturated heterocycles. The van der Waals surface area contributed by atoms with Gasteiger partial charge in [-0.25, -0.2) is 9.98 Å². The molecule has 1 aromatic heterocycles. The smallest absolute Gasteiger partial charge is 0.387 e. The van der Waals surface area contributed by atoms with Gasteiger partial charge < -0.3 is 25.4 Å². The molecule has 0 aliphatic carbocycles. The van der Waals surface area contributed by atoms with Crippen LogP contribution < -0.4 is 25.4 Å². The molecule has 3 N–H and O–H groups in total. The van der Waals surface area contributed by atoms with Crippen molar-refractivity contribution < 1.29 is 18.3 Å². The number of aliphatic imine (C=N–C) groups is 1. The highest BCUT2D eigenvalue weighted by Gasteiger charge is 2.15. The lowest BCUT2D eigenvalue weighted by molar-refractivity contribution is -0.0520. The number of halogens is 3. The van der Waals surface area contributed by atoms with Gasteiger partial charge in [-0.15, -0.1) is 24.0 Å². The summed E-state index contributed by atoms with van der Waals surface area (Å²) in [6.07, 6.45) is 3.65. The molecule has 0 fully saturated rings. The molecule has 0 amide bonds. The molecule has 0 saturated carbocycles. The van der Waals surface area contributed by atoms with Crippen molar-refractivity contribution >= 4 is 35.8 Å². The van der Waals surface area contributed by atoms with Gasteiger partial charge in [0.2, 0.25) is 0 Å². The predicted molar refractivity (Wildman–Crippen MR) is 134 cm³/mol. The summed E-state index contributed by atoms with van der Waals surface area (Å²) < 4.78 is 35.9. The minimum atomic E-state index is -2.93. The van der Waals surface area contributed by atoms with E-state index in [1.54, 1.807) is 31.3 Å². The van der Waals surface area contributed by atoms with E-state index in [9.17, 15) is 8.78 Å². The summed E-state index contributed by atoms with van der Waals surface area (Å²) in [6, 6.07) is 10.8. The first kappa shape index (κ1) is 27.7. The minimum Gasteiger partial charge on any atom is -0.490 e. The van der Waals surface area contributed by atoms with Gasteiger partial charge in [0.05, 0.1) is 13.2 Å². The van der Waals surface area contributed by atoms with Crippen molar-refractivity contribution in [3.05, 3.63) is 48.2 Å². The lowest BCUT2D eigenvalue weighted by Crippen LogP contribution is -2.37. The number of ether oxygens (including phenoxy) is 2. The number of guanidine groups is 1. The number of unbranched alkanes of at least 4 members (excludes halogenated alkanes) is 1. The number of nitrogens with zero attached hydrogens (tertiary/aromatic N) is 2.